The Morgan fingerprint density at radius 3 is 3.00 bits per heavy atom. The van der Waals surface area contributed by atoms with Crippen LogP contribution in [0.2, 0.25) is 0 Å². The van der Waals surface area contributed by atoms with Gasteiger partial charge in [0.15, 0.2) is 0 Å². The number of nitrogens with two attached hydrogens (primary N) is 1. The van der Waals surface area contributed by atoms with Gasteiger partial charge in [-0.05, 0) is 38.3 Å². The maximum Gasteiger partial charge on any atom is 0.128 e. The van der Waals surface area contributed by atoms with Gasteiger partial charge in [0.2, 0.25) is 0 Å². The molecule has 2 rings (SSSR count). The Balaban J connectivity index is 2.18. The van der Waals surface area contributed by atoms with Crippen LogP contribution < -0.4 is 10.6 Å². The molecule has 0 spiro atoms. The highest BCUT2D eigenvalue weighted by molar-refractivity contribution is 5.40. The number of aromatic nitrogens is 1. The summed E-state index contributed by atoms with van der Waals surface area (Å²) in [7, 11) is 0. The van der Waals surface area contributed by atoms with Crippen molar-refractivity contribution in [3.05, 3.63) is 24.4 Å². The second-order valence-corrected chi connectivity index (χ2v) is 4.30. The summed E-state index contributed by atoms with van der Waals surface area (Å²) in [5, 5.41) is 0. The van der Waals surface area contributed by atoms with Gasteiger partial charge in [0, 0.05) is 24.8 Å². The van der Waals surface area contributed by atoms with E-state index in [4.69, 9.17) is 5.73 Å². The first kappa shape index (κ1) is 10.4. The van der Waals surface area contributed by atoms with E-state index < -0.39 is 0 Å². The van der Waals surface area contributed by atoms with Gasteiger partial charge >= 0.3 is 0 Å². The van der Waals surface area contributed by atoms with Gasteiger partial charge in [0.1, 0.15) is 5.82 Å². The van der Waals surface area contributed by atoms with Crippen LogP contribution in [0.3, 0.4) is 0 Å². The van der Waals surface area contributed by atoms with Gasteiger partial charge in [0.05, 0.1) is 0 Å². The average Bonchev–Trinajstić information content (AvgIpc) is 2.30. The fraction of sp³-hybridized carbons (Fsp3) is 0.583. The summed E-state index contributed by atoms with van der Waals surface area (Å²) in [5.74, 6) is 1.07. The van der Waals surface area contributed by atoms with Crippen molar-refractivity contribution in [3.8, 4) is 0 Å². The minimum Gasteiger partial charge on any atom is -0.352 e. The topological polar surface area (TPSA) is 42.1 Å². The molecule has 1 aromatic heterocycles. The molecule has 2 unspecified atom stereocenters. The summed E-state index contributed by atoms with van der Waals surface area (Å²) in [5.41, 5.74) is 6.03. The van der Waals surface area contributed by atoms with E-state index in [1.807, 2.05) is 18.3 Å². The Morgan fingerprint density at radius 2 is 2.33 bits per heavy atom. The van der Waals surface area contributed by atoms with Crippen molar-refractivity contribution in [3.63, 3.8) is 0 Å². The first-order valence-electron chi connectivity index (χ1n) is 5.72. The number of hydrogen-bond acceptors (Lipinski definition) is 3. The zero-order valence-corrected chi connectivity index (χ0v) is 9.26. The number of rotatable bonds is 2. The molecule has 2 atom stereocenters. The predicted molar refractivity (Wildman–Crippen MR) is 62.9 cm³/mol. The van der Waals surface area contributed by atoms with Crippen LogP contribution in [0.25, 0.3) is 0 Å². The van der Waals surface area contributed by atoms with Crippen molar-refractivity contribution >= 4 is 5.82 Å². The maximum absolute atomic E-state index is 6.03. The SMILES string of the molecule is CC(N)C1CCCCN1c1ccccn1. The van der Waals surface area contributed by atoms with E-state index in [1.165, 1.54) is 19.3 Å². The van der Waals surface area contributed by atoms with Crippen LogP contribution in [0.5, 0.6) is 0 Å². The Bertz CT molecular complexity index is 297. The zero-order valence-electron chi connectivity index (χ0n) is 9.26. The summed E-state index contributed by atoms with van der Waals surface area (Å²) < 4.78 is 0. The van der Waals surface area contributed by atoms with Crippen LogP contribution in [0.15, 0.2) is 24.4 Å². The summed E-state index contributed by atoms with van der Waals surface area (Å²) >= 11 is 0. The number of pyridine rings is 1. The Hall–Kier alpha value is -1.09. The number of anilines is 1. The fourth-order valence-corrected chi connectivity index (χ4v) is 2.31. The van der Waals surface area contributed by atoms with Crippen molar-refractivity contribution in [2.24, 2.45) is 5.73 Å². The number of piperidine rings is 1. The molecule has 0 aliphatic carbocycles. The van der Waals surface area contributed by atoms with E-state index in [0.717, 1.165) is 12.4 Å². The molecular weight excluding hydrogens is 186 g/mol. The molecule has 0 saturated carbocycles. The standard InChI is InChI=1S/C12H19N3/c1-10(13)11-6-3-5-9-15(11)12-7-2-4-8-14-12/h2,4,7-8,10-11H,3,5-6,9,13H2,1H3. The molecule has 0 amide bonds. The van der Waals surface area contributed by atoms with E-state index in [9.17, 15) is 0 Å². The van der Waals surface area contributed by atoms with Gasteiger partial charge in [-0.2, -0.15) is 0 Å². The normalized spacial score (nSPS) is 23.9. The van der Waals surface area contributed by atoms with E-state index >= 15 is 0 Å². The van der Waals surface area contributed by atoms with Gasteiger partial charge in [-0.1, -0.05) is 6.07 Å². The lowest BCUT2D eigenvalue weighted by molar-refractivity contribution is 0.411. The monoisotopic (exact) mass is 205 g/mol. The Morgan fingerprint density at radius 1 is 1.47 bits per heavy atom. The van der Waals surface area contributed by atoms with Gasteiger partial charge in [-0.15, -0.1) is 0 Å². The lowest BCUT2D eigenvalue weighted by Gasteiger charge is -2.38. The summed E-state index contributed by atoms with van der Waals surface area (Å²) in [6.45, 7) is 3.18. The van der Waals surface area contributed by atoms with Gasteiger partial charge in [-0.25, -0.2) is 4.98 Å². The molecule has 1 aliphatic rings. The van der Waals surface area contributed by atoms with Gasteiger partial charge in [-0.3, -0.25) is 0 Å². The zero-order chi connectivity index (χ0) is 10.7. The van der Waals surface area contributed by atoms with Crippen LogP contribution in [-0.2, 0) is 0 Å². The van der Waals surface area contributed by atoms with Gasteiger partial charge in [0.25, 0.3) is 0 Å². The van der Waals surface area contributed by atoms with E-state index in [2.05, 4.69) is 22.9 Å². The molecule has 1 saturated heterocycles. The molecule has 15 heavy (non-hydrogen) atoms. The highest BCUT2D eigenvalue weighted by Crippen LogP contribution is 2.23. The molecule has 3 heteroatoms. The third-order valence-electron chi connectivity index (χ3n) is 3.10. The molecule has 82 valence electrons. The third kappa shape index (κ3) is 2.29. The summed E-state index contributed by atoms with van der Waals surface area (Å²) in [6, 6.07) is 6.73. The fourth-order valence-electron chi connectivity index (χ4n) is 2.31. The quantitative estimate of drug-likeness (QED) is 0.800. The third-order valence-corrected chi connectivity index (χ3v) is 3.10. The van der Waals surface area contributed by atoms with Crippen molar-refractivity contribution in [1.82, 2.24) is 4.98 Å². The molecule has 0 radical (unpaired) electrons. The van der Waals surface area contributed by atoms with Crippen molar-refractivity contribution in [2.75, 3.05) is 11.4 Å². The molecule has 0 bridgehead atoms. The van der Waals surface area contributed by atoms with Crippen LogP contribution in [-0.4, -0.2) is 23.6 Å². The number of hydrogen-bond donors (Lipinski definition) is 1. The lowest BCUT2D eigenvalue weighted by Crippen LogP contribution is -2.49. The van der Waals surface area contributed by atoms with Crippen LogP contribution in [0.1, 0.15) is 26.2 Å². The van der Waals surface area contributed by atoms with E-state index in [0.29, 0.717) is 6.04 Å². The van der Waals surface area contributed by atoms with E-state index in [-0.39, 0.29) is 6.04 Å². The lowest BCUT2D eigenvalue weighted by atomic mass is 9.97. The molecule has 2 N–H and O–H groups in total. The minimum atomic E-state index is 0.215. The highest BCUT2D eigenvalue weighted by atomic mass is 15.2. The first-order chi connectivity index (χ1) is 7.29. The molecule has 1 aliphatic heterocycles. The van der Waals surface area contributed by atoms with Gasteiger partial charge < -0.3 is 10.6 Å². The maximum atomic E-state index is 6.03. The molecule has 1 aromatic rings. The average molecular weight is 205 g/mol. The molecule has 3 nitrogen and oxygen atoms in total. The van der Waals surface area contributed by atoms with E-state index in [1.54, 1.807) is 0 Å². The van der Waals surface area contributed by atoms with Crippen molar-refractivity contribution in [2.45, 2.75) is 38.3 Å². The predicted octanol–water partition coefficient (Wildman–Crippen LogP) is 1.79. The summed E-state index contributed by atoms with van der Waals surface area (Å²) in [6.07, 6.45) is 5.58. The molecular formula is C12H19N3. The van der Waals surface area contributed by atoms with Crippen molar-refractivity contribution in [1.29, 1.82) is 0 Å². The second-order valence-electron chi connectivity index (χ2n) is 4.30. The van der Waals surface area contributed by atoms with Crippen LogP contribution >= 0.6 is 0 Å². The van der Waals surface area contributed by atoms with Crippen molar-refractivity contribution < 1.29 is 0 Å². The summed E-state index contributed by atoms with van der Waals surface area (Å²) in [4.78, 5) is 6.76. The molecule has 2 heterocycles. The second kappa shape index (κ2) is 4.62. The molecule has 1 fully saturated rings. The Kier molecular flexibility index (Phi) is 3.21. The Labute approximate surface area is 91.3 Å². The largest absolute Gasteiger partial charge is 0.352 e. The highest BCUT2D eigenvalue weighted by Gasteiger charge is 2.25. The van der Waals surface area contributed by atoms with Crippen LogP contribution in [0, 0.1) is 0 Å². The minimum absolute atomic E-state index is 0.215. The first-order valence-corrected chi connectivity index (χ1v) is 5.72. The smallest absolute Gasteiger partial charge is 0.128 e. The van der Waals surface area contributed by atoms with Crippen LogP contribution in [0.4, 0.5) is 5.82 Å². The number of nitrogens with zero attached hydrogens (tertiary/aromatic N) is 2. The molecule has 0 aromatic carbocycles.